The maximum absolute atomic E-state index is 12.7. The number of hydrogen-bond donors (Lipinski definition) is 0. The first-order chi connectivity index (χ1) is 10.7. The van der Waals surface area contributed by atoms with Crippen molar-refractivity contribution in [3.63, 3.8) is 0 Å². The monoisotopic (exact) mass is 305 g/mol. The van der Waals surface area contributed by atoms with Crippen LogP contribution in [0.3, 0.4) is 0 Å². The molecule has 1 atom stereocenters. The lowest BCUT2D eigenvalue weighted by Gasteiger charge is -2.45. The highest BCUT2D eigenvalue weighted by molar-refractivity contribution is 5.76. The van der Waals surface area contributed by atoms with Gasteiger partial charge in [0.05, 0.1) is 6.61 Å². The number of carbonyl (C=O) groups is 1. The molecule has 1 amide bonds. The van der Waals surface area contributed by atoms with Crippen LogP contribution >= 0.6 is 0 Å². The molecule has 0 aromatic heterocycles. The Balaban J connectivity index is 1.33. The van der Waals surface area contributed by atoms with Crippen molar-refractivity contribution in [2.24, 2.45) is 11.3 Å². The van der Waals surface area contributed by atoms with E-state index in [9.17, 15) is 4.79 Å². The van der Waals surface area contributed by atoms with Crippen LogP contribution in [0.4, 0.5) is 0 Å². The van der Waals surface area contributed by atoms with Gasteiger partial charge in [0.2, 0.25) is 5.91 Å². The van der Waals surface area contributed by atoms with Crippen LogP contribution in [0.25, 0.3) is 0 Å². The Bertz CT molecular complexity index is 417. The van der Waals surface area contributed by atoms with Gasteiger partial charge in [0.25, 0.3) is 0 Å². The molecule has 2 saturated heterocycles. The molecule has 2 aliphatic carbocycles. The van der Waals surface area contributed by atoms with Gasteiger partial charge < -0.3 is 9.64 Å². The average molecular weight is 305 g/mol. The van der Waals surface area contributed by atoms with Crippen LogP contribution in [0.2, 0.25) is 0 Å². The van der Waals surface area contributed by atoms with Gasteiger partial charge >= 0.3 is 0 Å². The van der Waals surface area contributed by atoms with Crippen LogP contribution in [-0.2, 0) is 9.53 Å². The van der Waals surface area contributed by atoms with Crippen molar-refractivity contribution in [3.8, 4) is 0 Å². The van der Waals surface area contributed by atoms with E-state index in [-0.39, 0.29) is 5.60 Å². The lowest BCUT2D eigenvalue weighted by atomic mass is 9.69. The van der Waals surface area contributed by atoms with Gasteiger partial charge in [-0.2, -0.15) is 0 Å². The van der Waals surface area contributed by atoms with E-state index in [0.29, 0.717) is 11.3 Å². The minimum Gasteiger partial charge on any atom is -0.369 e. The van der Waals surface area contributed by atoms with Crippen molar-refractivity contribution >= 4 is 5.91 Å². The molecule has 0 aromatic rings. The average Bonchev–Trinajstić information content (AvgIpc) is 3.20. The Labute approximate surface area is 134 Å². The van der Waals surface area contributed by atoms with E-state index in [0.717, 1.165) is 44.9 Å². The van der Waals surface area contributed by atoms with Crippen molar-refractivity contribution in [1.29, 1.82) is 0 Å². The van der Waals surface area contributed by atoms with Crippen molar-refractivity contribution in [2.45, 2.75) is 82.7 Å². The summed E-state index contributed by atoms with van der Waals surface area (Å²) in [6.45, 7) is 2.87. The number of hydrogen-bond acceptors (Lipinski definition) is 2. The molecule has 2 aliphatic heterocycles. The zero-order valence-corrected chi connectivity index (χ0v) is 13.9. The second kappa shape index (κ2) is 5.81. The number of rotatable bonds is 3. The Kier molecular flexibility index (Phi) is 3.96. The van der Waals surface area contributed by atoms with Gasteiger partial charge in [0.15, 0.2) is 0 Å². The van der Waals surface area contributed by atoms with Crippen LogP contribution in [0.1, 0.15) is 77.0 Å². The lowest BCUT2D eigenvalue weighted by Crippen LogP contribution is -2.54. The van der Waals surface area contributed by atoms with Crippen LogP contribution in [0.15, 0.2) is 0 Å². The minimum atomic E-state index is 0.170. The topological polar surface area (TPSA) is 32.8 Å². The minimum absolute atomic E-state index is 0.170. The molecule has 4 rings (SSSR count). The van der Waals surface area contributed by atoms with E-state index in [1.54, 1.807) is 0 Å². The first-order valence-electron chi connectivity index (χ1n) is 9.65. The smallest absolute Gasteiger partial charge is 0.222 e. The Morgan fingerprint density at radius 3 is 2.45 bits per heavy atom. The molecule has 22 heavy (non-hydrogen) atoms. The third-order valence-electron chi connectivity index (χ3n) is 7.14. The van der Waals surface area contributed by atoms with E-state index in [1.165, 1.54) is 57.8 Å². The zero-order chi connectivity index (χ0) is 15.0. The summed E-state index contributed by atoms with van der Waals surface area (Å²) >= 11 is 0. The molecule has 3 nitrogen and oxygen atoms in total. The quantitative estimate of drug-likeness (QED) is 0.741. The highest BCUT2D eigenvalue weighted by atomic mass is 16.6. The largest absolute Gasteiger partial charge is 0.369 e. The van der Waals surface area contributed by atoms with Crippen molar-refractivity contribution < 1.29 is 9.53 Å². The molecule has 0 N–H and O–H groups in total. The summed E-state index contributed by atoms with van der Waals surface area (Å²) in [4.78, 5) is 14.9. The second-order valence-corrected chi connectivity index (χ2v) is 8.38. The van der Waals surface area contributed by atoms with E-state index >= 15 is 0 Å². The van der Waals surface area contributed by atoms with Gasteiger partial charge in [-0.25, -0.2) is 0 Å². The number of ether oxygens (including phenoxy) is 1. The molecular formula is C19H31NO2. The number of likely N-dealkylation sites (tertiary alicyclic amines) is 1. The molecule has 0 bridgehead atoms. The summed E-state index contributed by atoms with van der Waals surface area (Å²) in [5.74, 6) is 1.24. The summed E-state index contributed by atoms with van der Waals surface area (Å²) in [6, 6.07) is 0. The maximum atomic E-state index is 12.7. The lowest BCUT2D eigenvalue weighted by molar-refractivity contribution is -0.137. The number of carbonyl (C=O) groups excluding carboxylic acids is 1. The fourth-order valence-corrected chi connectivity index (χ4v) is 5.55. The molecule has 3 heteroatoms. The number of nitrogens with zero attached hydrogens (tertiary/aromatic N) is 1. The third-order valence-corrected chi connectivity index (χ3v) is 7.14. The Morgan fingerprint density at radius 1 is 1.05 bits per heavy atom. The maximum Gasteiger partial charge on any atom is 0.222 e. The third kappa shape index (κ3) is 2.60. The van der Waals surface area contributed by atoms with Crippen LogP contribution in [0.5, 0.6) is 0 Å². The van der Waals surface area contributed by atoms with E-state index in [1.807, 2.05) is 0 Å². The molecule has 2 heterocycles. The number of amides is 1. The summed E-state index contributed by atoms with van der Waals surface area (Å²) < 4.78 is 5.92. The first-order valence-corrected chi connectivity index (χ1v) is 9.65. The van der Waals surface area contributed by atoms with Gasteiger partial charge in [0.1, 0.15) is 5.60 Å². The Hall–Kier alpha value is -0.570. The van der Waals surface area contributed by atoms with Gasteiger partial charge in [-0.05, 0) is 31.6 Å². The van der Waals surface area contributed by atoms with Crippen LogP contribution in [-0.4, -0.2) is 36.1 Å². The van der Waals surface area contributed by atoms with E-state index < -0.39 is 0 Å². The molecule has 0 aromatic carbocycles. The molecule has 2 saturated carbocycles. The van der Waals surface area contributed by atoms with Gasteiger partial charge in [-0.3, -0.25) is 4.79 Å². The SMILES string of the molecule is O=C(CCC1CCCCC1)N1CCC2(CO2)C2(CCCC2)C1. The number of epoxide rings is 1. The summed E-state index contributed by atoms with van der Waals surface area (Å²) in [7, 11) is 0. The van der Waals surface area contributed by atoms with Crippen LogP contribution < -0.4 is 0 Å². The zero-order valence-electron chi connectivity index (χ0n) is 13.9. The fourth-order valence-electron chi connectivity index (χ4n) is 5.55. The number of piperidine rings is 1. The number of fused-ring (bicyclic) bond motifs is 1. The molecule has 2 spiro atoms. The molecule has 1 unspecified atom stereocenters. The molecule has 124 valence electrons. The van der Waals surface area contributed by atoms with Crippen molar-refractivity contribution in [3.05, 3.63) is 0 Å². The predicted molar refractivity (Wildman–Crippen MR) is 86.6 cm³/mol. The fraction of sp³-hybridized carbons (Fsp3) is 0.947. The van der Waals surface area contributed by atoms with Gasteiger partial charge in [0, 0.05) is 24.9 Å². The molecular weight excluding hydrogens is 274 g/mol. The first kappa shape index (κ1) is 15.0. The van der Waals surface area contributed by atoms with Crippen molar-refractivity contribution in [2.75, 3.05) is 19.7 Å². The second-order valence-electron chi connectivity index (χ2n) is 8.38. The van der Waals surface area contributed by atoms with E-state index in [4.69, 9.17) is 4.74 Å². The molecule has 4 aliphatic rings. The predicted octanol–water partition coefficient (Wildman–Crippen LogP) is 3.91. The van der Waals surface area contributed by atoms with Crippen molar-refractivity contribution in [1.82, 2.24) is 4.90 Å². The van der Waals surface area contributed by atoms with E-state index in [2.05, 4.69) is 4.90 Å². The summed E-state index contributed by atoms with van der Waals surface area (Å²) in [6.07, 6.45) is 15.1. The highest BCUT2D eigenvalue weighted by Crippen LogP contribution is 2.58. The van der Waals surface area contributed by atoms with Crippen LogP contribution in [0, 0.1) is 11.3 Å². The van der Waals surface area contributed by atoms with Gasteiger partial charge in [-0.1, -0.05) is 44.9 Å². The Morgan fingerprint density at radius 2 is 1.77 bits per heavy atom. The summed E-state index contributed by atoms with van der Waals surface area (Å²) in [5, 5.41) is 0. The molecule has 4 fully saturated rings. The highest BCUT2D eigenvalue weighted by Gasteiger charge is 2.64. The normalized spacial score (nSPS) is 34.5. The summed E-state index contributed by atoms with van der Waals surface area (Å²) in [5.41, 5.74) is 0.482. The van der Waals surface area contributed by atoms with Gasteiger partial charge in [-0.15, -0.1) is 0 Å². The molecule has 0 radical (unpaired) electrons. The standard InChI is InChI=1S/C19H31NO2/c21-17(9-8-16-6-2-1-3-7-16)20-13-12-19(15-22-19)18(14-20)10-4-5-11-18/h16H,1-15H2.